The Morgan fingerprint density at radius 1 is 1.43 bits per heavy atom. The van der Waals surface area contributed by atoms with E-state index in [0.717, 1.165) is 10.4 Å². The Hall–Kier alpha value is -2.16. The van der Waals surface area contributed by atoms with Crippen molar-refractivity contribution in [2.45, 2.75) is 13.5 Å². The molecule has 5 heteroatoms. The van der Waals surface area contributed by atoms with E-state index in [-0.39, 0.29) is 11.7 Å². The summed E-state index contributed by atoms with van der Waals surface area (Å²) in [5, 5.41) is 4.68. The molecule has 1 heterocycles. The van der Waals surface area contributed by atoms with Gasteiger partial charge in [-0.15, -0.1) is 11.3 Å². The molecule has 2 rings (SSSR count). The highest BCUT2D eigenvalue weighted by molar-refractivity contribution is 7.10. The number of carbonyl (C=O) groups excluding carboxylic acids is 1. The number of amides is 1. The van der Waals surface area contributed by atoms with Gasteiger partial charge in [0, 0.05) is 16.0 Å². The quantitative estimate of drug-likeness (QED) is 0.856. The van der Waals surface area contributed by atoms with Gasteiger partial charge in [0.15, 0.2) is 0 Å². The number of halogens is 1. The minimum Gasteiger partial charge on any atom is -0.347 e. The monoisotopic (exact) mass is 302 g/mol. The highest BCUT2D eigenvalue weighted by Gasteiger charge is 2.09. The number of hydrogen-bond donors (Lipinski definition) is 2. The molecule has 0 atom stereocenters. The third kappa shape index (κ3) is 3.91. The second-order valence-corrected chi connectivity index (χ2v) is 5.41. The maximum Gasteiger partial charge on any atom is 0.251 e. The van der Waals surface area contributed by atoms with Gasteiger partial charge in [0.05, 0.1) is 13.1 Å². The predicted molar refractivity (Wildman–Crippen MR) is 82.6 cm³/mol. The molecule has 0 bridgehead atoms. The van der Waals surface area contributed by atoms with E-state index in [4.69, 9.17) is 5.73 Å². The smallest absolute Gasteiger partial charge is 0.251 e. The maximum atomic E-state index is 13.4. The zero-order valence-electron chi connectivity index (χ0n) is 11.6. The fourth-order valence-electron chi connectivity index (χ4n) is 1.73. The van der Waals surface area contributed by atoms with E-state index in [1.807, 2.05) is 11.4 Å². The van der Waals surface area contributed by atoms with Crippen molar-refractivity contribution in [1.82, 2.24) is 5.32 Å². The van der Waals surface area contributed by atoms with Crippen LogP contribution in [0.4, 0.5) is 4.39 Å². The molecule has 0 saturated carbocycles. The SMILES string of the molecule is Cc1ccc(C(=O)NCc2sccc2C#CCN)cc1F. The molecule has 0 spiro atoms. The fourth-order valence-corrected chi connectivity index (χ4v) is 2.50. The van der Waals surface area contributed by atoms with Crippen LogP contribution in [0.1, 0.15) is 26.4 Å². The summed E-state index contributed by atoms with van der Waals surface area (Å²) in [5.41, 5.74) is 7.03. The molecule has 0 radical (unpaired) electrons. The molecule has 0 aliphatic rings. The molecule has 3 N–H and O–H groups in total. The third-order valence-corrected chi connectivity index (χ3v) is 3.83. The van der Waals surface area contributed by atoms with E-state index in [1.165, 1.54) is 17.4 Å². The Bertz CT molecular complexity index is 713. The minimum atomic E-state index is -0.381. The summed E-state index contributed by atoms with van der Waals surface area (Å²) in [7, 11) is 0. The summed E-state index contributed by atoms with van der Waals surface area (Å²) in [4.78, 5) is 13.0. The Kier molecular flexibility index (Phi) is 5.09. The molecule has 1 aromatic heterocycles. The van der Waals surface area contributed by atoms with Crippen LogP contribution < -0.4 is 11.1 Å². The van der Waals surface area contributed by atoms with Gasteiger partial charge in [0.25, 0.3) is 5.91 Å². The number of hydrogen-bond acceptors (Lipinski definition) is 3. The average Bonchev–Trinajstić information content (AvgIpc) is 2.92. The van der Waals surface area contributed by atoms with Crippen molar-refractivity contribution in [1.29, 1.82) is 0 Å². The number of carbonyl (C=O) groups is 1. The highest BCUT2D eigenvalue weighted by Crippen LogP contribution is 2.16. The van der Waals surface area contributed by atoms with E-state index in [0.29, 0.717) is 24.2 Å². The van der Waals surface area contributed by atoms with Crippen LogP contribution >= 0.6 is 11.3 Å². The van der Waals surface area contributed by atoms with E-state index in [1.54, 1.807) is 19.1 Å². The first-order valence-electron chi connectivity index (χ1n) is 6.41. The lowest BCUT2D eigenvalue weighted by Crippen LogP contribution is -2.22. The van der Waals surface area contributed by atoms with E-state index in [9.17, 15) is 9.18 Å². The zero-order valence-corrected chi connectivity index (χ0v) is 12.4. The molecule has 2 aromatic rings. The topological polar surface area (TPSA) is 55.1 Å². The van der Waals surface area contributed by atoms with Crippen LogP contribution in [0.3, 0.4) is 0 Å². The lowest BCUT2D eigenvalue weighted by molar-refractivity contribution is 0.0951. The van der Waals surface area contributed by atoms with Gasteiger partial charge in [-0.25, -0.2) is 4.39 Å². The first-order chi connectivity index (χ1) is 10.1. The molecule has 1 amide bonds. The third-order valence-electron chi connectivity index (χ3n) is 2.91. The standard InChI is InChI=1S/C16H15FN2OS/c1-11-4-5-13(9-14(11)17)16(20)19-10-15-12(3-2-7-18)6-8-21-15/h4-6,8-9H,7,10,18H2,1H3,(H,19,20). The van der Waals surface area contributed by atoms with Crippen LogP contribution in [0.5, 0.6) is 0 Å². The van der Waals surface area contributed by atoms with Crippen LogP contribution in [0, 0.1) is 24.6 Å². The van der Waals surface area contributed by atoms with Gasteiger partial charge in [-0.05, 0) is 36.1 Å². The summed E-state index contributed by atoms with van der Waals surface area (Å²) < 4.78 is 13.4. The van der Waals surface area contributed by atoms with Crippen LogP contribution in [-0.2, 0) is 6.54 Å². The number of rotatable bonds is 3. The van der Waals surface area contributed by atoms with E-state index >= 15 is 0 Å². The van der Waals surface area contributed by atoms with E-state index in [2.05, 4.69) is 17.2 Å². The van der Waals surface area contributed by atoms with Crippen molar-refractivity contribution >= 4 is 17.2 Å². The largest absolute Gasteiger partial charge is 0.347 e. The first-order valence-corrected chi connectivity index (χ1v) is 7.29. The van der Waals surface area contributed by atoms with Gasteiger partial charge in [-0.2, -0.15) is 0 Å². The molecule has 1 aromatic carbocycles. The fraction of sp³-hybridized carbons (Fsp3) is 0.188. The number of nitrogens with one attached hydrogen (secondary N) is 1. The van der Waals surface area contributed by atoms with Gasteiger partial charge in [0.1, 0.15) is 5.82 Å². The van der Waals surface area contributed by atoms with Crippen LogP contribution in [0.25, 0.3) is 0 Å². The molecule has 108 valence electrons. The van der Waals surface area contributed by atoms with Crippen molar-refractivity contribution in [3.8, 4) is 11.8 Å². The van der Waals surface area contributed by atoms with Crippen LogP contribution in [0.2, 0.25) is 0 Å². The second kappa shape index (κ2) is 7.02. The summed E-state index contributed by atoms with van der Waals surface area (Å²) in [6.07, 6.45) is 0. The molecule has 0 aliphatic heterocycles. The molecule has 21 heavy (non-hydrogen) atoms. The van der Waals surface area contributed by atoms with E-state index < -0.39 is 0 Å². The van der Waals surface area contributed by atoms with Crippen LogP contribution in [-0.4, -0.2) is 12.5 Å². The van der Waals surface area contributed by atoms with Gasteiger partial charge < -0.3 is 11.1 Å². The predicted octanol–water partition coefficient (Wildman–Crippen LogP) is 2.44. The summed E-state index contributed by atoms with van der Waals surface area (Å²) >= 11 is 1.51. The number of nitrogens with two attached hydrogens (primary N) is 1. The van der Waals surface area contributed by atoms with Gasteiger partial charge in [-0.1, -0.05) is 17.9 Å². The molecule has 0 aliphatic carbocycles. The van der Waals surface area contributed by atoms with Crippen molar-refractivity contribution in [3.63, 3.8) is 0 Å². The van der Waals surface area contributed by atoms with Gasteiger partial charge in [0.2, 0.25) is 0 Å². The van der Waals surface area contributed by atoms with Gasteiger partial charge >= 0.3 is 0 Å². The summed E-state index contributed by atoms with van der Waals surface area (Å²) in [5.74, 6) is 5.06. The molecule has 0 fully saturated rings. The summed E-state index contributed by atoms with van der Waals surface area (Å²) in [6, 6.07) is 6.33. The van der Waals surface area contributed by atoms with Crippen molar-refractivity contribution in [3.05, 3.63) is 57.0 Å². The molecule has 0 saturated heterocycles. The van der Waals surface area contributed by atoms with Gasteiger partial charge in [-0.3, -0.25) is 4.79 Å². The first kappa shape index (κ1) is 15.2. The highest BCUT2D eigenvalue weighted by atomic mass is 32.1. The molecular formula is C16H15FN2OS. The Labute approximate surface area is 127 Å². The average molecular weight is 302 g/mol. The second-order valence-electron chi connectivity index (χ2n) is 4.41. The van der Waals surface area contributed by atoms with Crippen LogP contribution in [0.15, 0.2) is 29.6 Å². The minimum absolute atomic E-state index is 0.296. The lowest BCUT2D eigenvalue weighted by Gasteiger charge is -2.05. The lowest BCUT2D eigenvalue weighted by atomic mass is 10.1. The number of benzene rings is 1. The molecular weight excluding hydrogens is 287 g/mol. The Balaban J connectivity index is 2.04. The number of thiophene rings is 1. The summed E-state index contributed by atoms with van der Waals surface area (Å²) in [6.45, 7) is 2.32. The molecule has 0 unspecified atom stereocenters. The Morgan fingerprint density at radius 3 is 2.95 bits per heavy atom. The molecule has 3 nitrogen and oxygen atoms in total. The van der Waals surface area contributed by atoms with Crippen molar-refractivity contribution in [2.24, 2.45) is 5.73 Å². The van der Waals surface area contributed by atoms with Crippen molar-refractivity contribution < 1.29 is 9.18 Å². The Morgan fingerprint density at radius 2 is 2.24 bits per heavy atom. The normalized spacial score (nSPS) is 9.86. The van der Waals surface area contributed by atoms with Crippen molar-refractivity contribution in [2.75, 3.05) is 6.54 Å². The maximum absolute atomic E-state index is 13.4. The zero-order chi connectivity index (χ0) is 15.2. The number of aryl methyl sites for hydroxylation is 1.